The third-order valence-corrected chi connectivity index (χ3v) is 2.41. The van der Waals surface area contributed by atoms with Gasteiger partial charge in [0.2, 0.25) is 0 Å². The van der Waals surface area contributed by atoms with Crippen LogP contribution in [0.4, 0.5) is 0 Å². The number of aromatic nitrogens is 4. The average molecular weight is 180 g/mol. The first-order valence-electron chi connectivity index (χ1n) is 3.56. The minimum absolute atomic E-state index is 0.949. The zero-order chi connectivity index (χ0) is 8.55. The van der Waals surface area contributed by atoms with Crippen molar-refractivity contribution in [3.63, 3.8) is 0 Å². The Labute approximate surface area is 74.0 Å². The van der Waals surface area contributed by atoms with Crippen molar-refractivity contribution in [2.45, 2.75) is 6.92 Å². The lowest BCUT2D eigenvalue weighted by Crippen LogP contribution is -1.91. The fourth-order valence-corrected chi connectivity index (χ4v) is 1.43. The van der Waals surface area contributed by atoms with Gasteiger partial charge >= 0.3 is 0 Å². The summed E-state index contributed by atoms with van der Waals surface area (Å²) in [5.41, 5.74) is 2.09. The molecule has 2 aromatic heterocycles. The third kappa shape index (κ3) is 1.12. The van der Waals surface area contributed by atoms with Crippen LogP contribution in [0.15, 0.2) is 12.3 Å². The number of rotatable bonds is 1. The molecular formula is C7H8N4S. The highest BCUT2D eigenvalue weighted by atomic mass is 32.1. The van der Waals surface area contributed by atoms with E-state index in [1.54, 1.807) is 6.20 Å². The second-order valence-electron chi connectivity index (χ2n) is 2.58. The molecule has 0 amide bonds. The summed E-state index contributed by atoms with van der Waals surface area (Å²) in [7, 11) is 1.92. The second-order valence-corrected chi connectivity index (χ2v) is 3.36. The lowest BCUT2D eigenvalue weighted by Gasteiger charge is -1.88. The maximum atomic E-state index is 4.30. The van der Waals surface area contributed by atoms with Gasteiger partial charge in [-0.15, -0.1) is 5.10 Å². The highest BCUT2D eigenvalue weighted by molar-refractivity contribution is 7.09. The molecule has 0 saturated carbocycles. The molecule has 0 spiro atoms. The van der Waals surface area contributed by atoms with Crippen LogP contribution in [0.25, 0.3) is 10.6 Å². The molecule has 4 nitrogen and oxygen atoms in total. The van der Waals surface area contributed by atoms with E-state index in [1.165, 1.54) is 11.5 Å². The van der Waals surface area contributed by atoms with Gasteiger partial charge in [0.15, 0.2) is 0 Å². The molecule has 5 heteroatoms. The van der Waals surface area contributed by atoms with E-state index in [1.807, 2.05) is 24.7 Å². The van der Waals surface area contributed by atoms with Gasteiger partial charge in [0.05, 0.1) is 11.1 Å². The summed E-state index contributed by atoms with van der Waals surface area (Å²) in [5, 5.41) is 8.06. The zero-order valence-corrected chi connectivity index (χ0v) is 7.67. The van der Waals surface area contributed by atoms with Crippen molar-refractivity contribution in [1.82, 2.24) is 19.4 Å². The smallest absolute Gasteiger partial charge is 0.106 e. The summed E-state index contributed by atoms with van der Waals surface area (Å²) >= 11 is 1.36. The predicted octanol–water partition coefficient (Wildman–Crippen LogP) is 1.25. The Kier molecular flexibility index (Phi) is 1.65. The predicted molar refractivity (Wildman–Crippen MR) is 46.8 cm³/mol. The summed E-state index contributed by atoms with van der Waals surface area (Å²) in [5.74, 6) is 0. The second kappa shape index (κ2) is 2.67. The summed E-state index contributed by atoms with van der Waals surface area (Å²) in [6.45, 7) is 2.02. The Morgan fingerprint density at radius 3 is 2.83 bits per heavy atom. The Bertz CT molecular complexity index is 357. The molecular weight excluding hydrogens is 172 g/mol. The van der Waals surface area contributed by atoms with E-state index in [2.05, 4.69) is 14.7 Å². The van der Waals surface area contributed by atoms with Crippen LogP contribution in [-0.2, 0) is 7.05 Å². The van der Waals surface area contributed by atoms with Gasteiger partial charge in [0.1, 0.15) is 5.69 Å². The van der Waals surface area contributed by atoms with E-state index in [9.17, 15) is 0 Å². The first-order chi connectivity index (χ1) is 5.77. The molecule has 0 aliphatic carbocycles. The van der Waals surface area contributed by atoms with E-state index in [0.29, 0.717) is 0 Å². The van der Waals surface area contributed by atoms with Gasteiger partial charge in [0, 0.05) is 12.7 Å². The number of aryl methyl sites for hydroxylation is 2. The molecule has 0 atom stereocenters. The standard InChI is InChI=1S/C7H8N4S/c1-5-3-6(9-11(5)2)7-4-8-10-12-7/h3-4H,1-2H3. The van der Waals surface area contributed by atoms with E-state index < -0.39 is 0 Å². The third-order valence-electron chi connectivity index (χ3n) is 1.73. The Hall–Kier alpha value is -1.23. The Morgan fingerprint density at radius 2 is 2.33 bits per heavy atom. The normalized spacial score (nSPS) is 10.5. The van der Waals surface area contributed by atoms with Crippen molar-refractivity contribution in [3.05, 3.63) is 18.0 Å². The highest BCUT2D eigenvalue weighted by Gasteiger charge is 2.05. The van der Waals surface area contributed by atoms with E-state index in [4.69, 9.17) is 0 Å². The average Bonchev–Trinajstić information content (AvgIpc) is 2.61. The molecule has 12 heavy (non-hydrogen) atoms. The molecule has 0 saturated heterocycles. The maximum Gasteiger partial charge on any atom is 0.106 e. The van der Waals surface area contributed by atoms with Gasteiger partial charge in [-0.1, -0.05) is 4.49 Å². The van der Waals surface area contributed by atoms with Crippen LogP contribution in [0.3, 0.4) is 0 Å². The monoisotopic (exact) mass is 180 g/mol. The molecule has 2 aromatic rings. The Balaban J connectivity index is 2.48. The van der Waals surface area contributed by atoms with E-state index in [-0.39, 0.29) is 0 Å². The molecule has 2 heterocycles. The summed E-state index contributed by atoms with van der Waals surface area (Å²) in [6, 6.07) is 2.02. The van der Waals surface area contributed by atoms with Crippen LogP contribution >= 0.6 is 11.5 Å². The highest BCUT2D eigenvalue weighted by Crippen LogP contribution is 2.19. The van der Waals surface area contributed by atoms with Gasteiger partial charge < -0.3 is 0 Å². The fourth-order valence-electron chi connectivity index (χ4n) is 0.961. The van der Waals surface area contributed by atoms with Crippen LogP contribution < -0.4 is 0 Å². The maximum absolute atomic E-state index is 4.30. The SMILES string of the molecule is Cc1cc(-c2cnns2)nn1C. The Morgan fingerprint density at radius 1 is 1.50 bits per heavy atom. The van der Waals surface area contributed by atoms with E-state index >= 15 is 0 Å². The van der Waals surface area contributed by atoms with Crippen molar-refractivity contribution in [1.29, 1.82) is 0 Å². The molecule has 2 rings (SSSR count). The molecule has 62 valence electrons. The summed E-state index contributed by atoms with van der Waals surface area (Å²) < 4.78 is 5.62. The zero-order valence-electron chi connectivity index (χ0n) is 6.85. The summed E-state index contributed by atoms with van der Waals surface area (Å²) in [4.78, 5) is 1.01. The lowest BCUT2D eigenvalue weighted by molar-refractivity contribution is 0.743. The molecule has 0 N–H and O–H groups in total. The van der Waals surface area contributed by atoms with Crippen LogP contribution in [0, 0.1) is 6.92 Å². The van der Waals surface area contributed by atoms with Gasteiger partial charge in [-0.25, -0.2) is 0 Å². The molecule has 0 aliphatic rings. The van der Waals surface area contributed by atoms with Crippen molar-refractivity contribution >= 4 is 11.5 Å². The topological polar surface area (TPSA) is 43.6 Å². The van der Waals surface area contributed by atoms with Crippen LogP contribution in [-0.4, -0.2) is 19.4 Å². The van der Waals surface area contributed by atoms with Crippen LogP contribution in [0.5, 0.6) is 0 Å². The fraction of sp³-hybridized carbons (Fsp3) is 0.286. The quantitative estimate of drug-likeness (QED) is 0.663. The molecule has 0 aromatic carbocycles. The van der Waals surface area contributed by atoms with Crippen molar-refractivity contribution < 1.29 is 0 Å². The van der Waals surface area contributed by atoms with E-state index in [0.717, 1.165) is 16.3 Å². The van der Waals surface area contributed by atoms with Crippen LogP contribution in [0.2, 0.25) is 0 Å². The van der Waals surface area contributed by atoms with Crippen LogP contribution in [0.1, 0.15) is 5.69 Å². The molecule has 0 radical (unpaired) electrons. The van der Waals surface area contributed by atoms with Gasteiger partial charge in [-0.2, -0.15) is 5.10 Å². The lowest BCUT2D eigenvalue weighted by atomic mass is 10.3. The number of nitrogens with zero attached hydrogens (tertiary/aromatic N) is 4. The molecule has 0 aliphatic heterocycles. The largest absolute Gasteiger partial charge is 0.272 e. The van der Waals surface area contributed by atoms with Gasteiger partial charge in [0.25, 0.3) is 0 Å². The number of hydrogen-bond donors (Lipinski definition) is 0. The van der Waals surface area contributed by atoms with Crippen molar-refractivity contribution in [2.75, 3.05) is 0 Å². The minimum atomic E-state index is 0.949. The molecule has 0 unspecified atom stereocenters. The first-order valence-corrected chi connectivity index (χ1v) is 4.33. The van der Waals surface area contributed by atoms with Crippen molar-refractivity contribution in [2.24, 2.45) is 7.05 Å². The van der Waals surface area contributed by atoms with Gasteiger partial charge in [-0.3, -0.25) is 4.68 Å². The minimum Gasteiger partial charge on any atom is -0.272 e. The first kappa shape index (κ1) is 7.42. The molecule has 0 bridgehead atoms. The summed E-state index contributed by atoms with van der Waals surface area (Å²) in [6.07, 6.45) is 1.73. The van der Waals surface area contributed by atoms with Gasteiger partial charge in [-0.05, 0) is 24.5 Å². The molecule has 0 fully saturated rings. The van der Waals surface area contributed by atoms with Crippen molar-refractivity contribution in [3.8, 4) is 10.6 Å². The number of hydrogen-bond acceptors (Lipinski definition) is 4.